The minimum Gasteiger partial charge on any atom is -0.459 e. The molecule has 3 fully saturated rings. The van der Waals surface area contributed by atoms with Gasteiger partial charge in [-0.15, -0.1) is 0 Å². The molecule has 3 aromatic rings. The molecule has 95 heavy (non-hydrogen) atoms. The molecule has 1 spiro atoms. The van der Waals surface area contributed by atoms with Crippen molar-refractivity contribution in [1.29, 1.82) is 0 Å². The first-order chi connectivity index (χ1) is 45.5. The summed E-state index contributed by atoms with van der Waals surface area (Å²) in [6.07, 6.45) is 10.2. The zero-order valence-electron chi connectivity index (χ0n) is 55.8. The number of ether oxygens (including phenoxy) is 6. The van der Waals surface area contributed by atoms with Gasteiger partial charge in [0.1, 0.15) is 37.1 Å². The standard InChI is InChI=1S/C72H97N7O16/c1-44(2)66(79-64(83)23-11-9-8-10-16-34-75-70(88)91-42-59-57-21-14-12-19-55(57)56-20-13-15-22-58(56)59)61(82)37-51(18-17-35-74-69(73)87)68(86)77-52-29-27-50(28-30-52)41-90-71(89)76-40-53(81)38-54-39-72(43-92-72)67(85)63(95-54)32-25-45(3)24-31-62-46(4)36-60(48(6)94-62)78-65(84)33-26-47(5)93-49(7)80/h12-15,19-22,24-30,32-33,44,46-48,51,54,59-60,62-63,66-67,85H,8-11,16-18,23,31,34-43H2,1-7H3,(H,75,88)(H,76,89)(H,77,86)(H,78,84)(H,79,83)(H3,73,74,87)/b32-25+,33-26-,45-24+/t46-,47-,48+,51+,54+,60+,62-,63+,66-,67+,72+/m0/s1. The first-order valence-electron chi connectivity index (χ1n) is 33.4. The van der Waals surface area contributed by atoms with Crippen LogP contribution >= 0.6 is 0 Å². The average molecular weight is 1320 g/mol. The van der Waals surface area contributed by atoms with E-state index in [-0.39, 0.29) is 111 Å². The van der Waals surface area contributed by atoms with Crippen molar-refractivity contribution in [3.63, 3.8) is 0 Å². The maximum Gasteiger partial charge on any atom is 0.407 e. The second-order valence-corrected chi connectivity index (χ2v) is 25.9. The van der Waals surface area contributed by atoms with Crippen molar-refractivity contribution in [2.75, 3.05) is 38.2 Å². The number of carbonyl (C=O) groups is 9. The number of carbonyl (C=O) groups excluding carboxylic acids is 9. The highest BCUT2D eigenvalue weighted by Crippen LogP contribution is 2.45. The summed E-state index contributed by atoms with van der Waals surface area (Å²) in [5, 5.41) is 27.8. The molecular formula is C72H97N7O16. The zero-order valence-corrected chi connectivity index (χ0v) is 55.8. The summed E-state index contributed by atoms with van der Waals surface area (Å²) in [4.78, 5) is 115. The third-order valence-electron chi connectivity index (χ3n) is 17.8. The number of unbranched alkanes of at least 4 members (excludes halogenated alkanes) is 4. The predicted octanol–water partition coefficient (Wildman–Crippen LogP) is 8.84. The van der Waals surface area contributed by atoms with E-state index in [9.17, 15) is 48.3 Å². The number of primary amides is 1. The van der Waals surface area contributed by atoms with Gasteiger partial charge in [0.05, 0.1) is 43.5 Å². The molecule has 4 aliphatic rings. The number of hydrogen-bond donors (Lipinski definition) is 8. The van der Waals surface area contributed by atoms with E-state index in [1.54, 1.807) is 37.3 Å². The van der Waals surface area contributed by atoms with Gasteiger partial charge < -0.3 is 71.2 Å². The molecule has 3 aromatic carbocycles. The smallest absolute Gasteiger partial charge is 0.407 e. The molecule has 23 heteroatoms. The Bertz CT molecular complexity index is 3170. The normalized spacial score (nSPS) is 22.4. The molecule has 0 bridgehead atoms. The van der Waals surface area contributed by atoms with E-state index in [0.29, 0.717) is 56.5 Å². The number of hydrogen-bond acceptors (Lipinski definition) is 16. The summed E-state index contributed by atoms with van der Waals surface area (Å²) >= 11 is 0. The highest BCUT2D eigenvalue weighted by molar-refractivity contribution is 5.97. The maximum atomic E-state index is 13.9. The van der Waals surface area contributed by atoms with Crippen molar-refractivity contribution in [2.24, 2.45) is 23.5 Å². The topological polar surface area (TPSA) is 331 Å². The van der Waals surface area contributed by atoms with Gasteiger partial charge in [0, 0.05) is 69.3 Å². The third-order valence-corrected chi connectivity index (χ3v) is 17.8. The molecule has 7 amide bonds. The van der Waals surface area contributed by atoms with Gasteiger partial charge in [-0.1, -0.05) is 124 Å². The van der Waals surface area contributed by atoms with Crippen LogP contribution in [0.2, 0.25) is 0 Å². The van der Waals surface area contributed by atoms with Crippen molar-refractivity contribution >= 4 is 59.2 Å². The number of ketones is 2. The van der Waals surface area contributed by atoms with Crippen LogP contribution < -0.4 is 37.6 Å². The third kappa shape index (κ3) is 23.6. The number of aliphatic hydroxyl groups excluding tert-OH is 1. The molecule has 1 aliphatic carbocycles. The number of benzene rings is 3. The van der Waals surface area contributed by atoms with Crippen molar-refractivity contribution in [2.45, 2.75) is 199 Å². The summed E-state index contributed by atoms with van der Waals surface area (Å²) in [6.45, 7) is 13.3. The molecule has 0 radical (unpaired) electrons. The van der Waals surface area contributed by atoms with Crippen LogP contribution in [0.15, 0.2) is 109 Å². The second kappa shape index (κ2) is 36.6. The van der Waals surface area contributed by atoms with Crippen LogP contribution in [0, 0.1) is 17.8 Å². The van der Waals surface area contributed by atoms with E-state index in [1.807, 2.05) is 64.1 Å². The van der Waals surface area contributed by atoms with E-state index >= 15 is 0 Å². The van der Waals surface area contributed by atoms with Crippen LogP contribution in [-0.2, 0) is 63.8 Å². The largest absolute Gasteiger partial charge is 0.459 e. The Morgan fingerprint density at radius 2 is 1.45 bits per heavy atom. The Morgan fingerprint density at radius 1 is 0.789 bits per heavy atom. The Balaban J connectivity index is 0.778. The minimum absolute atomic E-state index is 0.0145. The van der Waals surface area contributed by atoms with Gasteiger partial charge in [-0.2, -0.15) is 0 Å². The van der Waals surface area contributed by atoms with Crippen LogP contribution in [0.4, 0.5) is 20.1 Å². The Kier molecular flexibility index (Phi) is 28.6. The van der Waals surface area contributed by atoms with Gasteiger partial charge >= 0.3 is 24.2 Å². The number of urea groups is 1. The molecule has 3 saturated heterocycles. The molecule has 0 saturated carbocycles. The number of alkyl carbamates (subject to hydrolysis) is 2. The van der Waals surface area contributed by atoms with E-state index < -0.39 is 72.1 Å². The van der Waals surface area contributed by atoms with Crippen molar-refractivity contribution < 1.29 is 76.7 Å². The summed E-state index contributed by atoms with van der Waals surface area (Å²) in [5.74, 6) is -3.01. The second-order valence-electron chi connectivity index (χ2n) is 25.9. The molecule has 11 atom stereocenters. The lowest BCUT2D eigenvalue weighted by Crippen LogP contribution is -2.50. The molecule has 3 heterocycles. The number of rotatable bonds is 35. The predicted molar refractivity (Wildman–Crippen MR) is 356 cm³/mol. The average Bonchev–Trinajstić information content (AvgIpc) is 1.61. The number of epoxide rings is 1. The molecular weight excluding hydrogens is 1220 g/mol. The van der Waals surface area contributed by atoms with E-state index in [1.165, 1.54) is 30.2 Å². The molecule has 23 nitrogen and oxygen atoms in total. The molecule has 7 rings (SSSR count). The minimum atomic E-state index is -0.957. The van der Waals surface area contributed by atoms with Crippen molar-refractivity contribution in [1.82, 2.24) is 26.6 Å². The fourth-order valence-corrected chi connectivity index (χ4v) is 12.4. The number of nitrogens with two attached hydrogens (primary N) is 1. The van der Waals surface area contributed by atoms with Crippen LogP contribution in [-0.4, -0.2) is 146 Å². The molecule has 516 valence electrons. The molecule has 3 aliphatic heterocycles. The fourth-order valence-electron chi connectivity index (χ4n) is 12.4. The number of aliphatic hydroxyl groups is 1. The lowest BCUT2D eigenvalue weighted by Gasteiger charge is -2.39. The van der Waals surface area contributed by atoms with Gasteiger partial charge in [-0.3, -0.25) is 28.8 Å². The Labute approximate surface area is 557 Å². The van der Waals surface area contributed by atoms with Crippen LogP contribution in [0.25, 0.3) is 11.1 Å². The number of amides is 7. The highest BCUT2D eigenvalue weighted by Gasteiger charge is 2.58. The van der Waals surface area contributed by atoms with Gasteiger partial charge in [-0.25, -0.2) is 14.4 Å². The van der Waals surface area contributed by atoms with Gasteiger partial charge in [0.25, 0.3) is 0 Å². The van der Waals surface area contributed by atoms with Gasteiger partial charge in [0.2, 0.25) is 17.7 Å². The van der Waals surface area contributed by atoms with E-state index in [0.717, 1.165) is 42.4 Å². The summed E-state index contributed by atoms with van der Waals surface area (Å²) < 4.78 is 34.3. The monoisotopic (exact) mass is 1320 g/mol. The van der Waals surface area contributed by atoms with Crippen molar-refractivity contribution in [3.05, 3.63) is 125 Å². The van der Waals surface area contributed by atoms with Gasteiger partial charge in [-0.05, 0) is 117 Å². The van der Waals surface area contributed by atoms with Crippen LogP contribution in [0.5, 0.6) is 0 Å². The number of allylic oxidation sites excluding steroid dienone is 2. The number of fused-ring (bicyclic) bond motifs is 3. The summed E-state index contributed by atoms with van der Waals surface area (Å²) in [7, 11) is 0. The van der Waals surface area contributed by atoms with Crippen LogP contribution in [0.1, 0.15) is 155 Å². The first kappa shape index (κ1) is 74.1. The molecule has 0 aromatic heterocycles. The Morgan fingerprint density at radius 3 is 2.13 bits per heavy atom. The van der Waals surface area contributed by atoms with Gasteiger partial charge in [0.15, 0.2) is 11.6 Å². The lowest BCUT2D eigenvalue weighted by atomic mass is 9.87. The molecule has 9 N–H and O–H groups in total. The number of esters is 1. The first-order valence-corrected chi connectivity index (χ1v) is 33.4. The molecule has 0 unspecified atom stereocenters. The highest BCUT2D eigenvalue weighted by atomic mass is 16.6. The SMILES string of the molecule is CC(=O)O[C@@H](C)/C=C\C(=O)N[C@@H]1C[C@H](C)[C@H](C/C=C(C)/C=C/[C@H]2O[C@H](CC(=O)CNC(=O)OCc3ccc(NC(=O)[C@H](CCCNC(N)=O)CC(=O)[C@@H](NC(=O)CCCCCCCNC(=O)OCC4c5ccccc5-c5ccccc54)C(C)C)cc3)C[C@@]3(CO3)[C@@H]2O)O[C@@H]1C. The van der Waals surface area contributed by atoms with E-state index in [4.69, 9.17) is 34.2 Å². The lowest BCUT2D eigenvalue weighted by molar-refractivity contribution is -0.144. The fraction of sp³-hybridized carbons (Fsp3) is 0.542. The number of Topliss-reactive ketones (excluding diaryl/α,β-unsaturated/α-hetero) is 2. The zero-order chi connectivity index (χ0) is 68.6. The summed E-state index contributed by atoms with van der Waals surface area (Å²) in [6, 6.07) is 21.2. The maximum absolute atomic E-state index is 13.9. The quantitative estimate of drug-likeness (QED) is 0.00680. The Hall–Kier alpha value is -8.25. The summed E-state index contributed by atoms with van der Waals surface area (Å²) in [5.41, 5.74) is 11.0. The number of nitrogens with one attached hydrogen (secondary N) is 6. The van der Waals surface area contributed by atoms with E-state index in [2.05, 4.69) is 63.1 Å². The van der Waals surface area contributed by atoms with Crippen molar-refractivity contribution in [3.8, 4) is 11.1 Å². The van der Waals surface area contributed by atoms with Crippen LogP contribution in [0.3, 0.4) is 0 Å². The number of anilines is 1.